The van der Waals surface area contributed by atoms with Gasteiger partial charge >= 0.3 is 555 Å². The first kappa shape index (κ1) is 114. The third-order valence-corrected chi connectivity index (χ3v) is 2570. The minimum absolute atomic E-state index is 0. The van der Waals surface area contributed by atoms with Crippen LogP contribution in [0.5, 0.6) is 0 Å². The maximum Gasteiger partial charge on any atom is 1.00 e. The van der Waals surface area contributed by atoms with E-state index in [2.05, 4.69) is 395 Å². The standard InChI is InChI=1S/C9H16O.C6H14O4S.C5H12O2.C3H3.CH4.I35.I3.Na/c1-4-5-6-7-9(2)8-10-3;1-6(4-9-2)5-10-11(3,7)8;1-5(3-6)4-7-2;1-3-2;;1-19-21(4)23(6)25(8)27(10)29(12)31(14)33(16)35(18)34(17)32(15)30(13)28(11)26(9)24(7)22(5)20(2)3;1-3-2;/h9H,6-8H2,1-3H3;6H,4-5H2,1-3H3;5-6H,3-4H2,1-2H3;1H3;1H4;;;/q;;;-1;;2*-1;+1. The SMILES string of the molecule is C.CC#CCCC(C)COC.COCC(C)CO.COCC(C)COS(C)(=O)=O.I[I-]I.I[I-]I(I)I(I)I(I)I(I)I(I)I(I)I(I)I(I)I(I)I(I)I(I)I(I)I(I)I(I)I(I)I(I)I.[C-]#CC.[Na+]. The summed E-state index contributed by atoms with van der Waals surface area (Å²) in [6.07, 6.45) is 9.14. The van der Waals surface area contributed by atoms with Gasteiger partial charge in [0.05, 0.1) is 26.1 Å². The first-order valence-electron chi connectivity index (χ1n) is 15.3. The van der Waals surface area contributed by atoms with Crippen LogP contribution < -0.4 is 56.1 Å². The minimum atomic E-state index is -3.29. The Bertz CT molecular complexity index is 1380. The molecule has 0 aliphatic rings. The molecule has 7 nitrogen and oxygen atoms in total. The fraction of sp³-hybridized carbons (Fsp3) is 0.833. The van der Waals surface area contributed by atoms with Crippen LogP contribution in [0.3, 0.4) is 0 Å². The van der Waals surface area contributed by atoms with Gasteiger partial charge in [-0.1, -0.05) is 28.2 Å². The van der Waals surface area contributed by atoms with E-state index in [9.17, 15) is 8.42 Å². The van der Waals surface area contributed by atoms with Gasteiger partial charge in [0.25, 0.3) is 10.1 Å². The van der Waals surface area contributed by atoms with Gasteiger partial charge in [-0.15, -0.1) is 11.8 Å². The van der Waals surface area contributed by atoms with Crippen LogP contribution in [-0.2, 0) is 28.5 Å². The molecule has 0 amide bonds. The fourth-order valence-corrected chi connectivity index (χ4v) is 6080. The molecule has 0 saturated heterocycles. The zero-order valence-electron chi connectivity index (χ0n) is 36.3. The zero-order valence-corrected chi connectivity index (χ0v) is 121. The van der Waals surface area contributed by atoms with Crippen molar-refractivity contribution in [3.8, 4) is 17.8 Å². The average Bonchev–Trinajstić information content (AvgIpc) is 3.30. The molecule has 71 heavy (non-hydrogen) atoms. The maximum atomic E-state index is 10.5. The van der Waals surface area contributed by atoms with E-state index in [1.807, 2.05) is 26.7 Å². The zero-order chi connectivity index (χ0) is 55.8. The summed E-state index contributed by atoms with van der Waals surface area (Å²) >= 11 is 63.4. The third-order valence-electron chi connectivity index (χ3n) is 4.44. The van der Waals surface area contributed by atoms with Crippen LogP contribution in [0.4, 0.5) is 0 Å². The van der Waals surface area contributed by atoms with Crippen molar-refractivity contribution < 1.29 is 88.0 Å². The predicted molar refractivity (Wildman–Crippen MR) is 638 cm³/mol. The molecule has 0 fully saturated rings. The Balaban J connectivity index is -0.000000148. The number of hydrogen-bond donors (Lipinski definition) is 1. The second-order valence-electron chi connectivity index (χ2n) is 9.77. The Labute approximate surface area is 721 Å². The monoisotopic (exact) mass is 5330 g/mol. The van der Waals surface area contributed by atoms with E-state index >= 15 is 0 Å². The Hall–Kier alpha value is 27.6. The molecule has 0 heterocycles. The van der Waals surface area contributed by atoms with Crippen molar-refractivity contribution in [1.29, 1.82) is 0 Å². The second kappa shape index (κ2) is 80.2. The largest absolute Gasteiger partial charge is 1.00 e. The number of aliphatic hydroxyl groups is 1. The van der Waals surface area contributed by atoms with Gasteiger partial charge in [0, 0.05) is 52.8 Å². The average molecular weight is 5330 g/mol. The van der Waals surface area contributed by atoms with Gasteiger partial charge in [-0.3, -0.25) is 4.18 Å². The van der Waals surface area contributed by atoms with Crippen molar-refractivity contribution in [3.05, 3.63) is 6.42 Å². The van der Waals surface area contributed by atoms with Crippen LogP contribution in [0.15, 0.2) is 0 Å². The van der Waals surface area contributed by atoms with Crippen molar-refractivity contribution in [2.24, 2.45) is 17.8 Å². The molecule has 0 aromatic rings. The molecule has 3 unspecified atom stereocenters. The third kappa shape index (κ3) is 71.6. The van der Waals surface area contributed by atoms with Gasteiger partial charge in [-0.05, 0) is 26.2 Å². The van der Waals surface area contributed by atoms with Crippen molar-refractivity contribution in [2.75, 3.05) is 60.6 Å². The van der Waals surface area contributed by atoms with Crippen molar-refractivity contribution in [1.82, 2.24) is 0 Å². The summed E-state index contributed by atoms with van der Waals surface area (Å²) in [7, 11) is -5.93. The number of ether oxygens (including phenoxy) is 3. The molecular weight excluding hydrogens is 5280 g/mol. The Morgan fingerprint density at radius 1 is 0.549 bits per heavy atom. The van der Waals surface area contributed by atoms with Gasteiger partial charge in [-0.25, -0.2) is 0 Å². The molecule has 0 radical (unpaired) electrons. The number of methoxy groups -OCH3 is 3. The first-order chi connectivity index (χ1) is 31.8. The van der Waals surface area contributed by atoms with Crippen LogP contribution in [0.2, 0.25) is 0 Å². The van der Waals surface area contributed by atoms with Gasteiger partial charge in [0.15, 0.2) is 0 Å². The fourth-order valence-electron chi connectivity index (χ4n) is 2.17. The van der Waals surface area contributed by atoms with Crippen molar-refractivity contribution in [3.63, 3.8) is 0 Å². The molecular formula is C24H49I38NaO7S-2. The molecule has 3 atom stereocenters. The smallest absolute Gasteiger partial charge is 0.694 e. The van der Waals surface area contributed by atoms with Gasteiger partial charge < -0.3 is 31.7 Å². The Morgan fingerprint density at radius 2 is 0.817 bits per heavy atom. The van der Waals surface area contributed by atoms with Crippen molar-refractivity contribution in [2.45, 2.75) is 54.9 Å². The van der Waals surface area contributed by atoms with Crippen LogP contribution in [-0.4, -0.2) is 74.1 Å². The first-order valence-corrected chi connectivity index (χ1v) is 243. The summed E-state index contributed by atoms with van der Waals surface area (Å²) in [5, 5.41) is 8.39. The summed E-state index contributed by atoms with van der Waals surface area (Å²) in [4.78, 5) is 0. The molecule has 0 bridgehead atoms. The van der Waals surface area contributed by atoms with Crippen molar-refractivity contribution >= 4 is 509 Å². The maximum absolute atomic E-state index is 10.5. The quantitative estimate of drug-likeness (QED) is 0.0274. The molecule has 462 valence electrons. The molecule has 1 N–H and O–H groups in total. The van der Waals surface area contributed by atoms with E-state index in [0.29, 0.717) is 45.6 Å². The van der Waals surface area contributed by atoms with Crippen LogP contribution in [0.1, 0.15) is 54.9 Å². The van der Waals surface area contributed by atoms with Crippen LogP contribution in [0.25, 0.3) is 0 Å². The molecule has 47 heteroatoms. The van der Waals surface area contributed by atoms with E-state index < -0.39 is 129 Å². The summed E-state index contributed by atoms with van der Waals surface area (Å²) < 4.78 is 40.0. The van der Waals surface area contributed by atoms with E-state index in [4.69, 9.17) is 25.7 Å². The molecule has 0 aromatic carbocycles. The van der Waals surface area contributed by atoms with E-state index in [1.165, 1.54) is 0 Å². The molecule has 0 aliphatic carbocycles. The summed E-state index contributed by atoms with van der Waals surface area (Å²) in [6, 6.07) is 0. The second-order valence-corrected chi connectivity index (χ2v) is 824. The number of rotatable bonds is 28. The number of aliphatic hydroxyl groups excluding tert-OH is 1. The minimum Gasteiger partial charge on any atom is -0.694 e. The topological polar surface area (TPSA) is 91.3 Å². The van der Waals surface area contributed by atoms with Crippen LogP contribution in [0, 0.1) is 41.9 Å². The Kier molecular flexibility index (Phi) is 129. The molecule has 0 aromatic heterocycles. The summed E-state index contributed by atoms with van der Waals surface area (Å²) in [6.45, 7) is 11.8. The van der Waals surface area contributed by atoms with Gasteiger partial charge in [0.2, 0.25) is 0 Å². The van der Waals surface area contributed by atoms with E-state index in [0.717, 1.165) is 25.7 Å². The van der Waals surface area contributed by atoms with Gasteiger partial charge in [-0.2, -0.15) is 8.42 Å². The molecule has 0 aliphatic heterocycles. The number of halogens is 38. The summed E-state index contributed by atoms with van der Waals surface area (Å²) in [5.41, 5.74) is 0. The predicted octanol–water partition coefficient (Wildman–Crippen LogP) is 26.7. The Morgan fingerprint density at radius 3 is 1.04 bits per heavy atom. The molecule has 0 rings (SSSR count). The number of hydrogen-bond acceptors (Lipinski definition) is 7. The van der Waals surface area contributed by atoms with Gasteiger partial charge in [0.1, 0.15) is 0 Å². The molecule has 0 saturated carbocycles. The van der Waals surface area contributed by atoms with Crippen LogP contribution >= 0.6 is 499 Å². The normalized spacial score (nSPS) is 14.9. The van der Waals surface area contributed by atoms with E-state index in [-0.39, 0.29) is 69.9 Å². The summed E-state index contributed by atoms with van der Waals surface area (Å²) in [5.74, 6) is 8.94. The molecule has 0 spiro atoms. The van der Waals surface area contributed by atoms with E-state index in [1.54, 1.807) is 28.3 Å².